The summed E-state index contributed by atoms with van der Waals surface area (Å²) in [5.41, 5.74) is -1.03. The van der Waals surface area contributed by atoms with E-state index >= 15 is 0 Å². The Balaban J connectivity index is 1.42. The van der Waals surface area contributed by atoms with Crippen LogP contribution in [0.1, 0.15) is 124 Å². The summed E-state index contributed by atoms with van der Waals surface area (Å²) >= 11 is 1.56. The molecule has 16 nitrogen and oxygen atoms in total. The number of likely N-dealkylation sites (N-methyl/N-ethyl adjacent to an activating group) is 1. The highest BCUT2D eigenvalue weighted by Crippen LogP contribution is 2.45. The van der Waals surface area contributed by atoms with Gasteiger partial charge in [-0.05, 0) is 89.9 Å². The number of methoxy groups -OCH3 is 1. The highest BCUT2D eigenvalue weighted by molar-refractivity contribution is 7.99. The molecule has 0 bridgehead atoms. The summed E-state index contributed by atoms with van der Waals surface area (Å²) < 4.78 is 73.0. The number of nitrogens with zero attached hydrogens (tertiary/aromatic N) is 5. The highest BCUT2D eigenvalue weighted by Gasteiger charge is 2.54. The number of ether oxygens (including phenoxy) is 5. The van der Waals surface area contributed by atoms with Gasteiger partial charge in [0, 0.05) is 82.3 Å². The lowest BCUT2D eigenvalue weighted by Gasteiger charge is -2.51. The van der Waals surface area contributed by atoms with Crippen molar-refractivity contribution in [2.24, 2.45) is 29.6 Å². The van der Waals surface area contributed by atoms with Crippen LogP contribution in [-0.4, -0.2) is 168 Å². The van der Waals surface area contributed by atoms with Gasteiger partial charge in [0.15, 0.2) is 21.7 Å². The van der Waals surface area contributed by atoms with Crippen LogP contribution in [-0.2, 0) is 49.5 Å². The molecular weight excluding hydrogens is 966 g/mol. The number of sulfone groups is 1. The van der Waals surface area contributed by atoms with E-state index in [0.717, 1.165) is 11.8 Å². The molecule has 1 aromatic heterocycles. The van der Waals surface area contributed by atoms with E-state index < -0.39 is 100 Å². The van der Waals surface area contributed by atoms with Gasteiger partial charge in [-0.15, -0.1) is 5.10 Å². The van der Waals surface area contributed by atoms with Crippen LogP contribution < -0.4 is 0 Å². The number of carbonyl (C=O) groups excluding carboxylic acids is 2. The van der Waals surface area contributed by atoms with Crippen LogP contribution in [0.15, 0.2) is 47.7 Å². The largest absolute Gasteiger partial charge is 0.470 e. The first-order valence-electron chi connectivity index (χ1n) is 25.8. The summed E-state index contributed by atoms with van der Waals surface area (Å²) in [4.78, 5) is 33.0. The zero-order valence-corrected chi connectivity index (χ0v) is 47.0. The predicted octanol–water partition coefficient (Wildman–Crippen LogP) is 7.03. The molecule has 408 valence electrons. The zero-order valence-electron chi connectivity index (χ0n) is 45.3. The van der Waals surface area contributed by atoms with Crippen LogP contribution in [0, 0.1) is 29.6 Å². The first kappa shape index (κ1) is 59.9. The lowest BCUT2D eigenvalue weighted by Crippen LogP contribution is -2.60. The smallest absolute Gasteiger partial charge is 0.309 e. The van der Waals surface area contributed by atoms with Crippen molar-refractivity contribution in [3.8, 4) is 0 Å². The normalized spacial score (nSPS) is 36.0. The number of carbonyl (C=O) groups is 2. The number of aliphatic hydroxyl groups excluding tert-OH is 1. The van der Waals surface area contributed by atoms with Crippen molar-refractivity contribution in [3.63, 3.8) is 0 Å². The maximum atomic E-state index is 14.9. The molecule has 5 rings (SSSR count). The molecule has 3 aliphatic heterocycles. The van der Waals surface area contributed by atoms with E-state index in [1.807, 2.05) is 55.6 Å². The summed E-state index contributed by atoms with van der Waals surface area (Å²) in [5, 5.41) is 32.7. The van der Waals surface area contributed by atoms with Crippen molar-refractivity contribution < 1.29 is 56.3 Å². The van der Waals surface area contributed by atoms with E-state index in [9.17, 15) is 32.6 Å². The van der Waals surface area contributed by atoms with E-state index in [1.54, 1.807) is 74.8 Å². The number of Topliss-reactive ketones (excluding diaryl/α,β-unsaturated/α-hetero) is 1. The van der Waals surface area contributed by atoms with Gasteiger partial charge in [0.05, 0.1) is 63.1 Å². The minimum Gasteiger partial charge on any atom is -0.470 e. The van der Waals surface area contributed by atoms with Crippen LogP contribution in [0.25, 0.3) is 0 Å². The summed E-state index contributed by atoms with van der Waals surface area (Å²) in [6, 6.07) is 5.64. The number of rotatable bonds is 16. The second-order valence-electron chi connectivity index (χ2n) is 21.7. The average molecular weight is 1050 g/mol. The van der Waals surface area contributed by atoms with Crippen molar-refractivity contribution >= 4 is 33.4 Å². The lowest BCUT2D eigenvalue weighted by molar-refractivity contribution is -0.258. The molecule has 3 aliphatic rings. The molecule has 19 heteroatoms. The molecule has 0 amide bonds. The summed E-state index contributed by atoms with van der Waals surface area (Å²) in [5.74, 6) is -2.07. The minimum absolute atomic E-state index is 0.0594. The van der Waals surface area contributed by atoms with Gasteiger partial charge in [-0.1, -0.05) is 65.5 Å². The van der Waals surface area contributed by atoms with Crippen LogP contribution >= 0.6 is 11.8 Å². The fourth-order valence-electron chi connectivity index (χ4n) is 11.5. The van der Waals surface area contributed by atoms with Gasteiger partial charge in [-0.25, -0.2) is 17.5 Å². The van der Waals surface area contributed by atoms with Crippen LogP contribution in [0.3, 0.4) is 0 Å². The SMILES string of the molecule is C=C1C[C@H](N(C)CCc2cn([C@H](CF)[C@H](SCC)c3ccc(S(C)(=O)=O)cc3)nn2)C[C@H](O[C@@H]2[C@@H](C)[C@H](C3C[C@@](C)(OC)[C@@H](O)[C@H](C)O3)[C@@H](C)C(=O)O[C@H](CC)C(=O)[C@H](C)[C@@H](C)N(C)C[C@H](C)C[C@@]2(C)O)O1. The van der Waals surface area contributed by atoms with Crippen molar-refractivity contribution in [2.45, 2.75) is 184 Å². The number of alkyl halides is 1. The lowest BCUT2D eigenvalue weighted by atomic mass is 9.68. The fourth-order valence-corrected chi connectivity index (χ4v) is 13.3. The van der Waals surface area contributed by atoms with Gasteiger partial charge in [0.25, 0.3) is 0 Å². The highest BCUT2D eigenvalue weighted by atomic mass is 32.2. The van der Waals surface area contributed by atoms with Crippen molar-refractivity contribution in [2.75, 3.05) is 53.0 Å². The maximum absolute atomic E-state index is 14.9. The van der Waals surface area contributed by atoms with Crippen LogP contribution in [0.4, 0.5) is 4.39 Å². The van der Waals surface area contributed by atoms with Crippen LogP contribution in [0.5, 0.6) is 0 Å². The Morgan fingerprint density at radius 2 is 1.72 bits per heavy atom. The van der Waals surface area contributed by atoms with Gasteiger partial charge < -0.3 is 43.7 Å². The Kier molecular flexibility index (Phi) is 21.0. The van der Waals surface area contributed by atoms with Gasteiger partial charge >= 0.3 is 5.97 Å². The number of ketones is 1. The van der Waals surface area contributed by atoms with Crippen molar-refractivity contribution in [3.05, 3.63) is 54.1 Å². The molecule has 0 saturated carbocycles. The fraction of sp³-hybridized carbons (Fsp3) is 0.774. The number of aromatic nitrogens is 3. The van der Waals surface area contributed by atoms with E-state index in [2.05, 4.69) is 33.6 Å². The third kappa shape index (κ3) is 14.3. The number of thioether (sulfide) groups is 1. The molecule has 3 saturated heterocycles. The molecule has 4 heterocycles. The first-order valence-corrected chi connectivity index (χ1v) is 28.8. The van der Waals surface area contributed by atoms with E-state index in [0.29, 0.717) is 62.4 Å². The Morgan fingerprint density at radius 1 is 1.06 bits per heavy atom. The quantitative estimate of drug-likeness (QED) is 0.163. The minimum atomic E-state index is -3.39. The molecule has 1 aromatic carbocycles. The van der Waals surface area contributed by atoms with Crippen LogP contribution in [0.2, 0.25) is 0 Å². The second-order valence-corrected chi connectivity index (χ2v) is 25.2. The molecule has 72 heavy (non-hydrogen) atoms. The third-order valence-corrected chi connectivity index (χ3v) is 18.4. The molecule has 0 aliphatic carbocycles. The Morgan fingerprint density at radius 3 is 2.32 bits per heavy atom. The Bertz CT molecular complexity index is 2220. The van der Waals surface area contributed by atoms with E-state index in [1.165, 1.54) is 0 Å². The monoisotopic (exact) mass is 1050 g/mol. The second kappa shape index (κ2) is 25.2. The summed E-state index contributed by atoms with van der Waals surface area (Å²) in [6.07, 6.45) is 0.232. The molecule has 2 N–H and O–H groups in total. The average Bonchev–Trinajstić information content (AvgIpc) is 3.80. The standard InChI is InChI=1S/C53H86FN5O11S2/c1-16-43-47(60)33(5)36(8)58(13)29-31(3)26-52(10,63)50(34(6)46(35(7)51(62)69-43)44-27-53(11,66-14)49(61)37(9)68-44)70-45-25-40(24-32(4)67-45)57(12)23-22-39-30-59(56-55-39)42(28-54)48(71-17-2)38-18-20-41(21-19-38)72(15,64)65/h18-21,30-31,33-37,40,42-46,48-50,61,63H,4,16-17,22-29H2,1-3,5-15H3/t31-,33-,34+,35-,36-,37+,40+,42-,43-,44?,45+,46+,48-,49+,50-,52-,53-/m1/s1. The maximum Gasteiger partial charge on any atom is 0.309 e. The molecule has 0 radical (unpaired) electrons. The van der Waals surface area contributed by atoms with E-state index in [-0.39, 0.29) is 40.4 Å². The number of aliphatic hydroxyl groups is 2. The molecule has 1 unspecified atom stereocenters. The molecule has 17 atom stereocenters. The number of esters is 1. The van der Waals surface area contributed by atoms with Gasteiger partial charge in [0.1, 0.15) is 12.8 Å². The molecular formula is C53H86FN5O11S2. The topological polar surface area (TPSA) is 192 Å². The van der Waals surface area contributed by atoms with Gasteiger partial charge in [-0.2, -0.15) is 11.8 Å². The number of hydrogen-bond acceptors (Lipinski definition) is 16. The Hall–Kier alpha value is -3.01. The van der Waals surface area contributed by atoms with Crippen molar-refractivity contribution in [1.29, 1.82) is 0 Å². The van der Waals surface area contributed by atoms with Crippen molar-refractivity contribution in [1.82, 2.24) is 24.8 Å². The Labute approximate surface area is 433 Å². The third-order valence-electron chi connectivity index (χ3n) is 16.0. The summed E-state index contributed by atoms with van der Waals surface area (Å²) in [7, 11) is 2.14. The number of benzene rings is 1. The van der Waals surface area contributed by atoms with Gasteiger partial charge in [0.2, 0.25) is 6.29 Å². The van der Waals surface area contributed by atoms with E-state index in [4.69, 9.17) is 23.7 Å². The molecule has 3 fully saturated rings. The van der Waals surface area contributed by atoms with Gasteiger partial charge in [-0.3, -0.25) is 9.59 Å². The molecule has 0 spiro atoms. The predicted molar refractivity (Wildman–Crippen MR) is 277 cm³/mol. The molecule has 2 aromatic rings. The zero-order chi connectivity index (χ0) is 53.6. The summed E-state index contributed by atoms with van der Waals surface area (Å²) in [6.45, 7) is 23.6. The number of hydrogen-bond donors (Lipinski definition) is 2. The number of cyclic esters (lactones) is 1. The first-order chi connectivity index (χ1) is 33.7. The number of halogens is 1.